The van der Waals surface area contributed by atoms with Crippen molar-refractivity contribution >= 4 is 12.2 Å². The van der Waals surface area contributed by atoms with E-state index in [2.05, 4.69) is 121 Å². The van der Waals surface area contributed by atoms with Crippen LogP contribution in [0.5, 0.6) is 0 Å². The lowest BCUT2D eigenvalue weighted by Gasteiger charge is -2.33. The molecular formula is C42H29N3. The summed E-state index contributed by atoms with van der Waals surface area (Å²) in [7, 11) is 0. The van der Waals surface area contributed by atoms with Gasteiger partial charge in [-0.1, -0.05) is 170 Å². The number of rotatable bonds is 6. The Morgan fingerprint density at radius 3 is 1.62 bits per heavy atom. The van der Waals surface area contributed by atoms with Gasteiger partial charge in [-0.25, -0.2) is 15.0 Å². The fourth-order valence-electron chi connectivity index (χ4n) is 6.72. The molecule has 0 amide bonds. The van der Waals surface area contributed by atoms with Crippen molar-refractivity contribution < 1.29 is 0 Å². The summed E-state index contributed by atoms with van der Waals surface area (Å²) in [4.78, 5) is 15.1. The molecule has 1 aliphatic rings. The minimum absolute atomic E-state index is 0.490. The highest BCUT2D eigenvalue weighted by molar-refractivity contribution is 5.94. The van der Waals surface area contributed by atoms with Crippen LogP contribution in [-0.2, 0) is 5.41 Å². The fraction of sp³-hybridized carbons (Fsp3) is 0.0238. The monoisotopic (exact) mass is 575 g/mol. The van der Waals surface area contributed by atoms with Crippen LogP contribution in [0.25, 0.3) is 46.1 Å². The first kappa shape index (κ1) is 26.7. The molecule has 0 spiro atoms. The molecule has 3 heteroatoms. The van der Waals surface area contributed by atoms with Gasteiger partial charge in [-0.15, -0.1) is 0 Å². The number of fused-ring (bicyclic) bond motifs is 3. The molecule has 0 saturated heterocycles. The number of hydrogen-bond acceptors (Lipinski definition) is 3. The van der Waals surface area contributed by atoms with Crippen LogP contribution < -0.4 is 0 Å². The number of aromatic nitrogens is 3. The minimum Gasteiger partial charge on any atom is -0.209 e. The summed E-state index contributed by atoms with van der Waals surface area (Å²) in [5, 5.41) is 0. The lowest BCUT2D eigenvalue weighted by Crippen LogP contribution is -2.28. The van der Waals surface area contributed by atoms with Crippen LogP contribution in [0.1, 0.15) is 33.6 Å². The maximum absolute atomic E-state index is 5.12. The van der Waals surface area contributed by atoms with E-state index in [1.54, 1.807) is 0 Å². The average Bonchev–Trinajstić information content (AvgIpc) is 3.43. The topological polar surface area (TPSA) is 38.7 Å². The van der Waals surface area contributed by atoms with Crippen LogP contribution in [0.4, 0.5) is 0 Å². The lowest BCUT2D eigenvalue weighted by molar-refractivity contribution is 0.768. The van der Waals surface area contributed by atoms with Gasteiger partial charge in [-0.3, -0.25) is 0 Å². The van der Waals surface area contributed by atoms with Gasteiger partial charge in [0.1, 0.15) is 0 Å². The molecule has 0 fully saturated rings. The normalized spacial score (nSPS) is 13.0. The first-order valence-electron chi connectivity index (χ1n) is 15.2. The zero-order valence-electron chi connectivity index (χ0n) is 24.6. The van der Waals surface area contributed by atoms with Crippen molar-refractivity contribution in [3.8, 4) is 33.9 Å². The summed E-state index contributed by atoms with van der Waals surface area (Å²) < 4.78 is 0. The average molecular weight is 576 g/mol. The summed E-state index contributed by atoms with van der Waals surface area (Å²) in [6, 6.07) is 57.4. The van der Waals surface area contributed by atoms with Crippen molar-refractivity contribution in [3.05, 3.63) is 197 Å². The molecule has 0 bridgehead atoms. The van der Waals surface area contributed by atoms with Gasteiger partial charge in [0.15, 0.2) is 17.5 Å². The largest absolute Gasteiger partial charge is 0.209 e. The van der Waals surface area contributed by atoms with E-state index < -0.39 is 5.41 Å². The van der Waals surface area contributed by atoms with Crippen molar-refractivity contribution in [2.45, 2.75) is 5.41 Å². The van der Waals surface area contributed by atoms with Gasteiger partial charge in [0, 0.05) is 11.1 Å². The first-order valence-corrected chi connectivity index (χ1v) is 15.2. The molecule has 0 saturated carbocycles. The van der Waals surface area contributed by atoms with Gasteiger partial charge in [-0.2, -0.15) is 0 Å². The molecule has 8 rings (SSSR count). The van der Waals surface area contributed by atoms with E-state index in [9.17, 15) is 0 Å². The fourth-order valence-corrected chi connectivity index (χ4v) is 6.72. The first-order chi connectivity index (χ1) is 22.3. The molecule has 7 aromatic rings. The Morgan fingerprint density at radius 2 is 0.933 bits per heavy atom. The molecule has 0 aliphatic heterocycles. The van der Waals surface area contributed by atoms with Crippen molar-refractivity contribution in [2.24, 2.45) is 0 Å². The summed E-state index contributed by atoms with van der Waals surface area (Å²) in [5.74, 6) is 1.92. The SMILES string of the molecule is C(=Cc1nc(-c2ccccc2)nc(-c2cccc3c2-c2ccccc2C3(c2ccccc2)c2ccccc2)n1)c1ccccc1. The Kier molecular flexibility index (Phi) is 6.69. The highest BCUT2D eigenvalue weighted by Crippen LogP contribution is 2.57. The van der Waals surface area contributed by atoms with E-state index in [1.807, 2.05) is 54.6 Å². The predicted octanol–water partition coefficient (Wildman–Crippen LogP) is 9.74. The second-order valence-corrected chi connectivity index (χ2v) is 11.2. The van der Waals surface area contributed by atoms with E-state index >= 15 is 0 Å². The zero-order chi connectivity index (χ0) is 30.1. The summed E-state index contributed by atoms with van der Waals surface area (Å²) in [5.41, 5.74) is 9.82. The maximum Gasteiger partial charge on any atom is 0.164 e. The molecule has 0 N–H and O–H groups in total. The van der Waals surface area contributed by atoms with E-state index in [-0.39, 0.29) is 0 Å². The third kappa shape index (κ3) is 4.57. The second-order valence-electron chi connectivity index (χ2n) is 11.2. The summed E-state index contributed by atoms with van der Waals surface area (Å²) >= 11 is 0. The Labute approximate surface area is 263 Å². The van der Waals surface area contributed by atoms with Gasteiger partial charge in [0.25, 0.3) is 0 Å². The molecule has 212 valence electrons. The molecule has 45 heavy (non-hydrogen) atoms. The standard InChI is InChI=1S/C42H29N3/c1-5-16-30(17-6-1)28-29-38-43-40(31-18-7-2-8-19-31)45-41(44-38)35-25-15-27-37-39(35)34-24-13-14-26-36(34)42(37,32-20-9-3-10-21-32)33-22-11-4-12-23-33/h1-29H. The number of nitrogens with zero attached hydrogens (tertiary/aromatic N) is 3. The van der Waals surface area contributed by atoms with E-state index in [0.29, 0.717) is 17.5 Å². The molecule has 0 unspecified atom stereocenters. The van der Waals surface area contributed by atoms with Crippen LogP contribution in [0.2, 0.25) is 0 Å². The zero-order valence-corrected chi connectivity index (χ0v) is 24.6. The molecule has 0 radical (unpaired) electrons. The maximum atomic E-state index is 5.12. The highest BCUT2D eigenvalue weighted by Gasteiger charge is 2.46. The van der Waals surface area contributed by atoms with Crippen LogP contribution in [0.3, 0.4) is 0 Å². The van der Waals surface area contributed by atoms with Gasteiger partial charge in [0.05, 0.1) is 5.41 Å². The van der Waals surface area contributed by atoms with Crippen molar-refractivity contribution in [2.75, 3.05) is 0 Å². The summed E-state index contributed by atoms with van der Waals surface area (Å²) in [6.07, 6.45) is 4.02. The van der Waals surface area contributed by atoms with Gasteiger partial charge >= 0.3 is 0 Å². The molecule has 6 aromatic carbocycles. The lowest BCUT2D eigenvalue weighted by atomic mass is 9.67. The third-order valence-electron chi connectivity index (χ3n) is 8.63. The Bertz CT molecular complexity index is 2100. The Morgan fingerprint density at radius 1 is 0.400 bits per heavy atom. The third-order valence-corrected chi connectivity index (χ3v) is 8.63. The minimum atomic E-state index is -0.490. The predicted molar refractivity (Wildman–Crippen MR) is 183 cm³/mol. The molecule has 1 heterocycles. The molecule has 1 aromatic heterocycles. The van der Waals surface area contributed by atoms with Crippen molar-refractivity contribution in [1.29, 1.82) is 0 Å². The molecular weight excluding hydrogens is 546 g/mol. The molecule has 3 nitrogen and oxygen atoms in total. The van der Waals surface area contributed by atoms with Crippen LogP contribution in [-0.4, -0.2) is 15.0 Å². The Balaban J connectivity index is 1.40. The quantitative estimate of drug-likeness (QED) is 0.198. The second kappa shape index (κ2) is 11.3. The van der Waals surface area contributed by atoms with Gasteiger partial charge in [0.2, 0.25) is 0 Å². The van der Waals surface area contributed by atoms with E-state index in [4.69, 9.17) is 15.0 Å². The van der Waals surface area contributed by atoms with Crippen LogP contribution >= 0.6 is 0 Å². The van der Waals surface area contributed by atoms with Crippen LogP contribution in [0.15, 0.2) is 164 Å². The van der Waals surface area contributed by atoms with Crippen molar-refractivity contribution in [3.63, 3.8) is 0 Å². The van der Waals surface area contributed by atoms with Gasteiger partial charge < -0.3 is 0 Å². The van der Waals surface area contributed by atoms with E-state index in [1.165, 1.54) is 27.8 Å². The Hall–Kier alpha value is -5.93. The van der Waals surface area contributed by atoms with Crippen molar-refractivity contribution in [1.82, 2.24) is 15.0 Å². The molecule has 0 atom stereocenters. The highest BCUT2D eigenvalue weighted by atomic mass is 15.0. The number of benzene rings is 6. The van der Waals surface area contributed by atoms with Crippen LogP contribution in [0, 0.1) is 0 Å². The van der Waals surface area contributed by atoms with Gasteiger partial charge in [-0.05, 0) is 45.0 Å². The summed E-state index contributed by atoms with van der Waals surface area (Å²) in [6.45, 7) is 0. The smallest absolute Gasteiger partial charge is 0.164 e. The molecule has 1 aliphatic carbocycles. The number of hydrogen-bond donors (Lipinski definition) is 0. The van der Waals surface area contributed by atoms with E-state index in [0.717, 1.165) is 22.3 Å².